The summed E-state index contributed by atoms with van der Waals surface area (Å²) in [7, 11) is 0. The lowest BCUT2D eigenvalue weighted by atomic mass is 10.2. The second-order valence-corrected chi connectivity index (χ2v) is 7.04. The Morgan fingerprint density at radius 1 is 1.46 bits per heavy atom. The molecule has 1 saturated carbocycles. The fourth-order valence-corrected chi connectivity index (χ4v) is 3.32. The number of carbonyl (C=O) groups is 2. The number of imidazole rings is 1. The molecule has 0 unspecified atom stereocenters. The number of hydrogen-bond donors (Lipinski definition) is 2. The van der Waals surface area contributed by atoms with Crippen molar-refractivity contribution >= 4 is 35.2 Å². The van der Waals surface area contributed by atoms with Crippen LogP contribution in [0, 0.1) is 6.92 Å². The van der Waals surface area contributed by atoms with Gasteiger partial charge in [-0.05, 0) is 37.5 Å². The van der Waals surface area contributed by atoms with E-state index in [-0.39, 0.29) is 11.7 Å². The van der Waals surface area contributed by atoms with Gasteiger partial charge in [0.05, 0.1) is 11.4 Å². The van der Waals surface area contributed by atoms with Crippen LogP contribution in [-0.4, -0.2) is 37.8 Å². The van der Waals surface area contributed by atoms with Crippen LogP contribution in [0.5, 0.6) is 0 Å². The number of aromatic nitrogens is 2. The van der Waals surface area contributed by atoms with Gasteiger partial charge >= 0.3 is 5.97 Å². The van der Waals surface area contributed by atoms with Crippen molar-refractivity contribution in [2.45, 2.75) is 30.5 Å². The Morgan fingerprint density at radius 3 is 2.88 bits per heavy atom. The smallest absolute Gasteiger partial charge is 0.329 e. The number of rotatable bonds is 6. The molecule has 126 valence electrons. The van der Waals surface area contributed by atoms with Crippen LogP contribution in [-0.2, 0) is 9.59 Å². The Bertz CT molecular complexity index is 802. The maximum Gasteiger partial charge on any atom is 0.329 e. The molecule has 3 rings (SSSR count). The van der Waals surface area contributed by atoms with Crippen molar-refractivity contribution in [2.24, 2.45) is 0 Å². The van der Waals surface area contributed by atoms with E-state index < -0.39 is 11.5 Å². The number of amides is 1. The molecule has 1 heterocycles. The zero-order chi connectivity index (χ0) is 17.3. The Balaban J connectivity index is 1.69. The van der Waals surface area contributed by atoms with Crippen molar-refractivity contribution in [1.29, 1.82) is 0 Å². The SMILES string of the molecule is Cc1c(Cl)cccc1-n1ccnc1SCC(=O)NC1(C(=O)O)CC1. The molecule has 1 aromatic carbocycles. The molecule has 1 aliphatic carbocycles. The molecular weight excluding hydrogens is 350 g/mol. The fraction of sp³-hybridized carbons (Fsp3) is 0.312. The molecule has 1 amide bonds. The molecule has 1 aromatic heterocycles. The highest BCUT2D eigenvalue weighted by atomic mass is 35.5. The van der Waals surface area contributed by atoms with Gasteiger partial charge < -0.3 is 10.4 Å². The van der Waals surface area contributed by atoms with Crippen molar-refractivity contribution in [3.63, 3.8) is 0 Å². The van der Waals surface area contributed by atoms with Crippen LogP contribution in [0.1, 0.15) is 18.4 Å². The van der Waals surface area contributed by atoms with Gasteiger partial charge in [0, 0.05) is 17.4 Å². The zero-order valence-electron chi connectivity index (χ0n) is 13.0. The van der Waals surface area contributed by atoms with Crippen molar-refractivity contribution in [3.8, 4) is 5.69 Å². The fourth-order valence-electron chi connectivity index (χ4n) is 2.39. The number of hydrogen-bond acceptors (Lipinski definition) is 4. The summed E-state index contributed by atoms with van der Waals surface area (Å²) in [6.07, 6.45) is 4.42. The summed E-state index contributed by atoms with van der Waals surface area (Å²) in [5, 5.41) is 13.0. The molecule has 0 aliphatic heterocycles. The van der Waals surface area contributed by atoms with E-state index in [0.717, 1.165) is 11.3 Å². The van der Waals surface area contributed by atoms with Gasteiger partial charge in [-0.1, -0.05) is 29.4 Å². The molecule has 0 bridgehead atoms. The maximum atomic E-state index is 12.0. The average Bonchev–Trinajstić information content (AvgIpc) is 3.18. The quantitative estimate of drug-likeness (QED) is 0.769. The third-order valence-corrected chi connectivity index (χ3v) is 5.35. The summed E-state index contributed by atoms with van der Waals surface area (Å²) in [5.41, 5.74) is 0.759. The van der Waals surface area contributed by atoms with Gasteiger partial charge in [-0.15, -0.1) is 0 Å². The van der Waals surface area contributed by atoms with Crippen LogP contribution in [0.25, 0.3) is 5.69 Å². The van der Waals surface area contributed by atoms with Gasteiger partial charge in [0.1, 0.15) is 5.54 Å². The van der Waals surface area contributed by atoms with Gasteiger partial charge in [0.15, 0.2) is 5.16 Å². The summed E-state index contributed by atoms with van der Waals surface area (Å²) in [5.74, 6) is -1.18. The van der Waals surface area contributed by atoms with Gasteiger partial charge in [-0.25, -0.2) is 9.78 Å². The average molecular weight is 366 g/mol. The standard InChI is InChI=1S/C16H16ClN3O3S/c1-10-11(17)3-2-4-12(10)20-8-7-18-15(20)24-9-13(21)19-16(5-6-16)14(22)23/h2-4,7-8H,5-6,9H2,1H3,(H,19,21)(H,22,23). The third kappa shape index (κ3) is 3.27. The monoisotopic (exact) mass is 365 g/mol. The topological polar surface area (TPSA) is 84.2 Å². The largest absolute Gasteiger partial charge is 0.480 e. The Morgan fingerprint density at radius 2 is 2.21 bits per heavy atom. The second-order valence-electron chi connectivity index (χ2n) is 5.69. The number of halogens is 1. The highest BCUT2D eigenvalue weighted by molar-refractivity contribution is 7.99. The first-order valence-corrected chi connectivity index (χ1v) is 8.75. The normalized spacial score (nSPS) is 15.1. The molecule has 6 nitrogen and oxygen atoms in total. The number of carboxylic acid groups (broad SMARTS) is 1. The Kier molecular flexibility index (Phi) is 4.56. The maximum absolute atomic E-state index is 12.0. The molecule has 1 fully saturated rings. The predicted molar refractivity (Wildman–Crippen MR) is 91.8 cm³/mol. The molecule has 1 aliphatic rings. The first kappa shape index (κ1) is 16.9. The minimum atomic E-state index is -1.06. The van der Waals surface area contributed by atoms with Gasteiger partial charge in [0.25, 0.3) is 0 Å². The Hall–Kier alpha value is -1.99. The highest BCUT2D eigenvalue weighted by Gasteiger charge is 2.51. The lowest BCUT2D eigenvalue weighted by molar-refractivity contribution is -0.142. The number of benzene rings is 1. The van der Waals surface area contributed by atoms with Crippen LogP contribution in [0.4, 0.5) is 0 Å². The van der Waals surface area contributed by atoms with E-state index >= 15 is 0 Å². The van der Waals surface area contributed by atoms with Crippen molar-refractivity contribution < 1.29 is 14.7 Å². The van der Waals surface area contributed by atoms with Crippen LogP contribution in [0.2, 0.25) is 5.02 Å². The van der Waals surface area contributed by atoms with E-state index in [1.807, 2.05) is 29.7 Å². The Labute approximate surface area is 148 Å². The number of carbonyl (C=O) groups excluding carboxylic acids is 1. The van der Waals surface area contributed by atoms with E-state index in [9.17, 15) is 9.59 Å². The molecule has 0 radical (unpaired) electrons. The van der Waals surface area contributed by atoms with E-state index in [4.69, 9.17) is 16.7 Å². The van der Waals surface area contributed by atoms with Gasteiger partial charge in [-0.3, -0.25) is 9.36 Å². The van der Waals surface area contributed by atoms with Gasteiger partial charge in [-0.2, -0.15) is 0 Å². The number of aliphatic carboxylic acids is 1. The minimum Gasteiger partial charge on any atom is -0.480 e. The van der Waals surface area contributed by atoms with Crippen molar-refractivity contribution in [3.05, 3.63) is 41.2 Å². The number of nitrogens with zero attached hydrogens (tertiary/aromatic N) is 2. The second kappa shape index (κ2) is 6.49. The molecule has 0 atom stereocenters. The molecule has 8 heteroatoms. The third-order valence-electron chi connectivity index (χ3n) is 3.98. The lowest BCUT2D eigenvalue weighted by Crippen LogP contribution is -2.43. The van der Waals surface area contributed by atoms with E-state index in [2.05, 4.69) is 10.3 Å². The van der Waals surface area contributed by atoms with Crippen LogP contribution < -0.4 is 5.32 Å². The number of nitrogens with one attached hydrogen (secondary N) is 1. The van der Waals surface area contributed by atoms with E-state index in [1.54, 1.807) is 12.4 Å². The number of thioether (sulfide) groups is 1. The van der Waals surface area contributed by atoms with E-state index in [1.165, 1.54) is 11.8 Å². The van der Waals surface area contributed by atoms with Crippen LogP contribution >= 0.6 is 23.4 Å². The molecular formula is C16H16ClN3O3S. The summed E-state index contributed by atoms with van der Waals surface area (Å²) >= 11 is 7.41. The van der Waals surface area contributed by atoms with Gasteiger partial charge in [0.2, 0.25) is 5.91 Å². The molecule has 2 N–H and O–H groups in total. The first-order valence-electron chi connectivity index (χ1n) is 7.39. The van der Waals surface area contributed by atoms with E-state index in [0.29, 0.717) is 23.0 Å². The summed E-state index contributed by atoms with van der Waals surface area (Å²) in [4.78, 5) is 27.4. The summed E-state index contributed by atoms with van der Waals surface area (Å²) in [6, 6.07) is 5.60. The molecule has 24 heavy (non-hydrogen) atoms. The lowest BCUT2D eigenvalue weighted by Gasteiger charge is -2.13. The highest BCUT2D eigenvalue weighted by Crippen LogP contribution is 2.35. The molecule has 0 saturated heterocycles. The summed E-state index contributed by atoms with van der Waals surface area (Å²) < 4.78 is 1.86. The van der Waals surface area contributed by atoms with Crippen LogP contribution in [0.3, 0.4) is 0 Å². The van der Waals surface area contributed by atoms with Crippen molar-refractivity contribution in [2.75, 3.05) is 5.75 Å². The minimum absolute atomic E-state index is 0.103. The van der Waals surface area contributed by atoms with Crippen LogP contribution in [0.15, 0.2) is 35.7 Å². The molecule has 0 spiro atoms. The molecule has 2 aromatic rings. The first-order chi connectivity index (χ1) is 11.4. The summed E-state index contributed by atoms with van der Waals surface area (Å²) in [6.45, 7) is 1.92. The number of carboxylic acids is 1. The zero-order valence-corrected chi connectivity index (χ0v) is 14.5. The predicted octanol–water partition coefficient (Wildman–Crippen LogP) is 2.66. The van der Waals surface area contributed by atoms with Crippen molar-refractivity contribution in [1.82, 2.24) is 14.9 Å².